The van der Waals surface area contributed by atoms with Gasteiger partial charge in [-0.2, -0.15) is 0 Å². The average molecular weight is 281 g/mol. The first kappa shape index (κ1) is 16.3. The molecule has 4 atom stereocenters. The van der Waals surface area contributed by atoms with Crippen LogP contribution in [0.4, 0.5) is 0 Å². The summed E-state index contributed by atoms with van der Waals surface area (Å²) in [4.78, 5) is 5.33. The van der Waals surface area contributed by atoms with E-state index in [1.165, 1.54) is 58.2 Å². The van der Waals surface area contributed by atoms with Crippen LogP contribution in [-0.4, -0.2) is 55.1 Å². The fraction of sp³-hybridized carbons (Fsp3) is 1.00. The molecule has 2 rings (SSSR count). The summed E-state index contributed by atoms with van der Waals surface area (Å²) in [6.07, 6.45) is 8.19. The van der Waals surface area contributed by atoms with Crippen molar-refractivity contribution in [2.24, 2.45) is 17.6 Å². The molecular weight excluding hydrogens is 246 g/mol. The molecule has 0 aromatic rings. The molecule has 20 heavy (non-hydrogen) atoms. The SMILES string of the molecule is CCCC1CCC(CN)C(N2CCN(C)C(CC)C2)C1. The average Bonchev–Trinajstić information content (AvgIpc) is 2.48. The minimum Gasteiger partial charge on any atom is -0.330 e. The zero-order valence-electron chi connectivity index (χ0n) is 13.9. The van der Waals surface area contributed by atoms with Gasteiger partial charge in [-0.1, -0.05) is 33.1 Å². The molecule has 0 amide bonds. The van der Waals surface area contributed by atoms with Crippen LogP contribution in [0.1, 0.15) is 52.4 Å². The predicted octanol–water partition coefficient (Wildman–Crippen LogP) is 2.56. The number of piperazine rings is 1. The third-order valence-electron chi connectivity index (χ3n) is 5.81. The van der Waals surface area contributed by atoms with Crippen molar-refractivity contribution >= 4 is 0 Å². The summed E-state index contributed by atoms with van der Waals surface area (Å²) in [6, 6.07) is 1.50. The first-order chi connectivity index (χ1) is 9.69. The number of rotatable bonds is 5. The van der Waals surface area contributed by atoms with Crippen molar-refractivity contribution in [2.75, 3.05) is 33.2 Å². The van der Waals surface area contributed by atoms with Crippen LogP contribution in [0.2, 0.25) is 0 Å². The molecule has 0 bridgehead atoms. The lowest BCUT2D eigenvalue weighted by atomic mass is 9.75. The van der Waals surface area contributed by atoms with Gasteiger partial charge in [-0.25, -0.2) is 0 Å². The van der Waals surface area contributed by atoms with Gasteiger partial charge in [0, 0.05) is 31.7 Å². The van der Waals surface area contributed by atoms with Crippen LogP contribution in [0.3, 0.4) is 0 Å². The van der Waals surface area contributed by atoms with Crippen LogP contribution >= 0.6 is 0 Å². The van der Waals surface area contributed by atoms with Crippen LogP contribution in [0.15, 0.2) is 0 Å². The van der Waals surface area contributed by atoms with Gasteiger partial charge in [0.2, 0.25) is 0 Å². The molecule has 3 nitrogen and oxygen atoms in total. The van der Waals surface area contributed by atoms with E-state index in [4.69, 9.17) is 5.73 Å². The molecule has 0 spiro atoms. The van der Waals surface area contributed by atoms with Crippen molar-refractivity contribution in [3.63, 3.8) is 0 Å². The Morgan fingerprint density at radius 3 is 2.60 bits per heavy atom. The molecule has 0 aromatic heterocycles. The Labute approximate surface area is 125 Å². The van der Waals surface area contributed by atoms with Gasteiger partial charge in [-0.3, -0.25) is 4.90 Å². The van der Waals surface area contributed by atoms with E-state index in [1.807, 2.05) is 0 Å². The Balaban J connectivity index is 1.99. The maximum Gasteiger partial charge on any atom is 0.0218 e. The van der Waals surface area contributed by atoms with Crippen molar-refractivity contribution in [1.29, 1.82) is 0 Å². The molecule has 0 radical (unpaired) electrons. The highest BCUT2D eigenvalue weighted by molar-refractivity contribution is 4.91. The van der Waals surface area contributed by atoms with Crippen molar-refractivity contribution in [2.45, 2.75) is 64.5 Å². The summed E-state index contributed by atoms with van der Waals surface area (Å²) in [5.74, 6) is 1.69. The fourth-order valence-electron chi connectivity index (χ4n) is 4.40. The van der Waals surface area contributed by atoms with Gasteiger partial charge in [0.1, 0.15) is 0 Å². The van der Waals surface area contributed by atoms with Crippen LogP contribution < -0.4 is 5.73 Å². The quantitative estimate of drug-likeness (QED) is 0.840. The largest absolute Gasteiger partial charge is 0.330 e. The molecule has 1 heterocycles. The van der Waals surface area contributed by atoms with Crippen LogP contribution in [0.5, 0.6) is 0 Å². The molecule has 2 aliphatic rings. The number of nitrogens with zero attached hydrogens (tertiary/aromatic N) is 2. The Hall–Kier alpha value is -0.120. The third-order valence-corrected chi connectivity index (χ3v) is 5.81. The molecule has 1 saturated heterocycles. The minimum atomic E-state index is 0.740. The molecule has 4 unspecified atom stereocenters. The van der Waals surface area contributed by atoms with Gasteiger partial charge >= 0.3 is 0 Å². The molecule has 2 N–H and O–H groups in total. The van der Waals surface area contributed by atoms with Gasteiger partial charge in [-0.15, -0.1) is 0 Å². The third kappa shape index (κ3) is 3.75. The van der Waals surface area contributed by atoms with Crippen LogP contribution in [0, 0.1) is 11.8 Å². The Bertz CT molecular complexity index is 281. The number of hydrogen-bond donors (Lipinski definition) is 1. The zero-order valence-corrected chi connectivity index (χ0v) is 13.9. The topological polar surface area (TPSA) is 32.5 Å². The van der Waals surface area contributed by atoms with E-state index in [0.717, 1.165) is 30.5 Å². The van der Waals surface area contributed by atoms with E-state index in [9.17, 15) is 0 Å². The first-order valence-electron chi connectivity index (χ1n) is 8.83. The number of hydrogen-bond acceptors (Lipinski definition) is 3. The van der Waals surface area contributed by atoms with Gasteiger partial charge in [0.05, 0.1) is 0 Å². The predicted molar refractivity (Wildman–Crippen MR) is 86.9 cm³/mol. The van der Waals surface area contributed by atoms with Crippen molar-refractivity contribution < 1.29 is 0 Å². The van der Waals surface area contributed by atoms with E-state index in [0.29, 0.717) is 0 Å². The molecule has 3 heteroatoms. The van der Waals surface area contributed by atoms with Crippen molar-refractivity contribution in [1.82, 2.24) is 9.80 Å². The van der Waals surface area contributed by atoms with E-state index < -0.39 is 0 Å². The van der Waals surface area contributed by atoms with Gasteiger partial charge in [0.25, 0.3) is 0 Å². The summed E-state index contributed by atoms with van der Waals surface area (Å²) in [6.45, 7) is 9.26. The van der Waals surface area contributed by atoms with Gasteiger partial charge in [0.15, 0.2) is 0 Å². The Morgan fingerprint density at radius 2 is 1.95 bits per heavy atom. The Kier molecular flexibility index (Phi) is 6.31. The second-order valence-electron chi connectivity index (χ2n) is 7.07. The maximum absolute atomic E-state index is 6.08. The van der Waals surface area contributed by atoms with E-state index in [2.05, 4.69) is 30.7 Å². The highest BCUT2D eigenvalue weighted by atomic mass is 15.3. The second-order valence-corrected chi connectivity index (χ2v) is 7.07. The molecule has 1 saturated carbocycles. The van der Waals surface area contributed by atoms with Crippen LogP contribution in [0.25, 0.3) is 0 Å². The summed E-state index contributed by atoms with van der Waals surface area (Å²) in [5, 5.41) is 0. The standard InChI is InChI=1S/C17H35N3/c1-4-6-14-7-8-15(12-18)17(11-14)20-10-9-19(3)16(5-2)13-20/h14-17H,4-13,18H2,1-3H3. The molecule has 118 valence electrons. The molecule has 2 fully saturated rings. The van der Waals surface area contributed by atoms with Gasteiger partial charge < -0.3 is 10.6 Å². The lowest BCUT2D eigenvalue weighted by molar-refractivity contribution is 0.0151. The Morgan fingerprint density at radius 1 is 1.15 bits per heavy atom. The summed E-state index contributed by atoms with van der Waals surface area (Å²) in [7, 11) is 2.28. The lowest BCUT2D eigenvalue weighted by Gasteiger charge is -2.48. The smallest absolute Gasteiger partial charge is 0.0218 e. The highest BCUT2D eigenvalue weighted by Gasteiger charge is 2.36. The lowest BCUT2D eigenvalue weighted by Crippen LogP contribution is -2.57. The van der Waals surface area contributed by atoms with Crippen molar-refractivity contribution in [3.05, 3.63) is 0 Å². The number of likely N-dealkylation sites (N-methyl/N-ethyl adjacent to an activating group) is 1. The first-order valence-corrected chi connectivity index (χ1v) is 8.83. The zero-order chi connectivity index (χ0) is 14.5. The van der Waals surface area contributed by atoms with Crippen LogP contribution in [-0.2, 0) is 0 Å². The van der Waals surface area contributed by atoms with E-state index >= 15 is 0 Å². The summed E-state index contributed by atoms with van der Waals surface area (Å²) >= 11 is 0. The fourth-order valence-corrected chi connectivity index (χ4v) is 4.40. The minimum absolute atomic E-state index is 0.740. The molecule has 1 aliphatic carbocycles. The molecule has 1 aliphatic heterocycles. The molecular formula is C17H35N3. The maximum atomic E-state index is 6.08. The number of nitrogens with two attached hydrogens (primary N) is 1. The normalized spacial score (nSPS) is 37.2. The van der Waals surface area contributed by atoms with E-state index in [-0.39, 0.29) is 0 Å². The summed E-state index contributed by atoms with van der Waals surface area (Å²) < 4.78 is 0. The molecule has 0 aromatic carbocycles. The van der Waals surface area contributed by atoms with Crippen molar-refractivity contribution in [3.8, 4) is 0 Å². The highest BCUT2D eigenvalue weighted by Crippen LogP contribution is 2.35. The summed E-state index contributed by atoms with van der Waals surface area (Å²) in [5.41, 5.74) is 6.08. The van der Waals surface area contributed by atoms with Gasteiger partial charge in [-0.05, 0) is 44.7 Å². The second kappa shape index (κ2) is 7.77. The monoisotopic (exact) mass is 281 g/mol. The van der Waals surface area contributed by atoms with E-state index in [1.54, 1.807) is 0 Å².